The van der Waals surface area contributed by atoms with E-state index in [0.717, 1.165) is 36.2 Å². The summed E-state index contributed by atoms with van der Waals surface area (Å²) in [7, 11) is 1.83. The van der Waals surface area contributed by atoms with Crippen LogP contribution in [0, 0.1) is 31.6 Å². The maximum atomic E-state index is 12.4. The number of esters is 1. The fraction of sp³-hybridized carbons (Fsp3) is 0.636. The lowest BCUT2D eigenvalue weighted by atomic mass is 9.53. The highest BCUT2D eigenvalue weighted by Gasteiger charge is 2.51. The SMILES string of the molecule is Cc1nn(C)c(C)c1C=CC(=O)OCC(=O)NC(=O)NC12CC3CC(CC(C3)C1)C2. The van der Waals surface area contributed by atoms with Gasteiger partial charge in [-0.1, -0.05) is 0 Å². The number of ether oxygens (including phenoxy) is 1. The zero-order valence-electron chi connectivity index (χ0n) is 17.9. The van der Waals surface area contributed by atoms with Crippen molar-refractivity contribution >= 4 is 24.0 Å². The molecule has 4 fully saturated rings. The summed E-state index contributed by atoms with van der Waals surface area (Å²) in [6.07, 6.45) is 9.75. The average molecular weight is 415 g/mol. The minimum atomic E-state index is -0.644. The van der Waals surface area contributed by atoms with E-state index in [9.17, 15) is 14.4 Å². The van der Waals surface area contributed by atoms with Crippen molar-refractivity contribution in [1.29, 1.82) is 0 Å². The molecular weight excluding hydrogens is 384 g/mol. The molecule has 4 aliphatic carbocycles. The van der Waals surface area contributed by atoms with Gasteiger partial charge < -0.3 is 10.1 Å². The molecule has 4 bridgehead atoms. The van der Waals surface area contributed by atoms with Crippen LogP contribution in [-0.4, -0.2) is 39.8 Å². The Labute approximate surface area is 176 Å². The quantitative estimate of drug-likeness (QED) is 0.569. The van der Waals surface area contributed by atoms with Gasteiger partial charge in [0.15, 0.2) is 6.61 Å². The van der Waals surface area contributed by atoms with E-state index in [2.05, 4.69) is 15.7 Å². The van der Waals surface area contributed by atoms with Crippen LogP contribution in [0.1, 0.15) is 55.5 Å². The van der Waals surface area contributed by atoms with Crippen LogP contribution in [0.2, 0.25) is 0 Å². The standard InChI is InChI=1S/C22H30N4O4/c1-13-18(14(2)26(3)25-13)4-5-20(28)30-12-19(27)23-21(29)24-22-9-15-6-16(10-22)8-17(7-15)11-22/h4-5,15-17H,6-12H2,1-3H3,(H2,23,24,27,29). The van der Waals surface area contributed by atoms with Gasteiger partial charge in [-0.2, -0.15) is 5.10 Å². The predicted octanol–water partition coefficient (Wildman–Crippen LogP) is 2.39. The van der Waals surface area contributed by atoms with E-state index in [-0.39, 0.29) is 5.54 Å². The van der Waals surface area contributed by atoms with Gasteiger partial charge in [-0.05, 0) is 76.2 Å². The molecule has 0 radical (unpaired) electrons. The summed E-state index contributed by atoms with van der Waals surface area (Å²) < 4.78 is 6.69. The van der Waals surface area contributed by atoms with E-state index < -0.39 is 24.5 Å². The number of imide groups is 1. The number of carbonyl (C=O) groups is 3. The summed E-state index contributed by atoms with van der Waals surface area (Å²) in [6.45, 7) is 3.26. The Hall–Kier alpha value is -2.64. The highest BCUT2D eigenvalue weighted by atomic mass is 16.5. The van der Waals surface area contributed by atoms with Crippen LogP contribution >= 0.6 is 0 Å². The molecule has 1 heterocycles. The van der Waals surface area contributed by atoms with Crippen molar-refractivity contribution in [3.8, 4) is 0 Å². The van der Waals surface area contributed by atoms with Crippen molar-refractivity contribution in [2.45, 2.75) is 57.9 Å². The molecule has 4 saturated carbocycles. The molecular formula is C22H30N4O4. The van der Waals surface area contributed by atoms with Crippen LogP contribution in [0.5, 0.6) is 0 Å². The van der Waals surface area contributed by atoms with Crippen molar-refractivity contribution in [3.63, 3.8) is 0 Å². The largest absolute Gasteiger partial charge is 0.452 e. The fourth-order valence-electron chi connectivity index (χ4n) is 6.07. The van der Waals surface area contributed by atoms with E-state index >= 15 is 0 Å². The maximum absolute atomic E-state index is 12.4. The number of hydrogen-bond donors (Lipinski definition) is 2. The van der Waals surface area contributed by atoms with Crippen LogP contribution < -0.4 is 10.6 Å². The monoisotopic (exact) mass is 414 g/mol. The second-order valence-corrected chi connectivity index (χ2v) is 9.35. The Kier molecular flexibility index (Phi) is 5.42. The van der Waals surface area contributed by atoms with Gasteiger partial charge >= 0.3 is 12.0 Å². The zero-order chi connectivity index (χ0) is 21.5. The first kappa shape index (κ1) is 20.6. The lowest BCUT2D eigenvalue weighted by Gasteiger charge is -2.56. The third-order valence-electron chi connectivity index (χ3n) is 6.97. The van der Waals surface area contributed by atoms with Gasteiger partial charge in [-0.25, -0.2) is 9.59 Å². The second-order valence-electron chi connectivity index (χ2n) is 9.35. The van der Waals surface area contributed by atoms with Crippen LogP contribution in [-0.2, 0) is 21.4 Å². The molecule has 1 aromatic rings. The molecule has 8 nitrogen and oxygen atoms in total. The first-order valence-corrected chi connectivity index (χ1v) is 10.7. The van der Waals surface area contributed by atoms with Crippen molar-refractivity contribution in [3.05, 3.63) is 23.0 Å². The van der Waals surface area contributed by atoms with Gasteiger partial charge in [0.25, 0.3) is 5.91 Å². The van der Waals surface area contributed by atoms with E-state index in [1.807, 2.05) is 20.9 Å². The Bertz CT molecular complexity index is 866. The molecule has 0 atom stereocenters. The second kappa shape index (κ2) is 7.89. The van der Waals surface area contributed by atoms with Gasteiger partial charge in [0.05, 0.1) is 5.69 Å². The summed E-state index contributed by atoms with van der Waals surface area (Å²) in [5.41, 5.74) is 2.40. The molecule has 0 spiro atoms. The number of nitrogens with one attached hydrogen (secondary N) is 2. The minimum absolute atomic E-state index is 0.169. The lowest BCUT2D eigenvalue weighted by molar-refractivity contribution is -0.143. The predicted molar refractivity (Wildman–Crippen MR) is 110 cm³/mol. The number of urea groups is 1. The third kappa shape index (κ3) is 4.27. The summed E-state index contributed by atoms with van der Waals surface area (Å²) in [5, 5.41) is 9.65. The molecule has 0 aromatic carbocycles. The normalized spacial score (nSPS) is 29.2. The highest BCUT2D eigenvalue weighted by molar-refractivity contribution is 5.96. The van der Waals surface area contributed by atoms with Crippen LogP contribution in [0.4, 0.5) is 4.79 Å². The van der Waals surface area contributed by atoms with Crippen molar-refractivity contribution < 1.29 is 19.1 Å². The Morgan fingerprint density at radius 3 is 2.27 bits per heavy atom. The molecule has 8 heteroatoms. The molecule has 0 saturated heterocycles. The maximum Gasteiger partial charge on any atom is 0.331 e. The number of rotatable bonds is 5. The number of aromatic nitrogens is 2. The molecule has 1 aromatic heterocycles. The molecule has 0 aliphatic heterocycles. The molecule has 30 heavy (non-hydrogen) atoms. The summed E-state index contributed by atoms with van der Waals surface area (Å²) in [5.74, 6) is 0.827. The Balaban J connectivity index is 1.23. The van der Waals surface area contributed by atoms with Gasteiger partial charge in [0.1, 0.15) is 0 Å². The molecule has 4 aliphatic rings. The minimum Gasteiger partial charge on any atom is -0.452 e. The van der Waals surface area contributed by atoms with Gasteiger partial charge in [-0.3, -0.25) is 14.8 Å². The van der Waals surface area contributed by atoms with E-state index in [4.69, 9.17) is 4.74 Å². The first-order chi connectivity index (χ1) is 14.2. The molecule has 2 N–H and O–H groups in total. The highest BCUT2D eigenvalue weighted by Crippen LogP contribution is 2.55. The summed E-state index contributed by atoms with van der Waals surface area (Å²) >= 11 is 0. The van der Waals surface area contributed by atoms with Crippen LogP contribution in [0.15, 0.2) is 6.08 Å². The fourth-order valence-corrected chi connectivity index (χ4v) is 6.07. The van der Waals surface area contributed by atoms with Gasteiger partial charge in [-0.15, -0.1) is 0 Å². The van der Waals surface area contributed by atoms with Crippen molar-refractivity contribution in [2.75, 3.05) is 6.61 Å². The number of carbonyl (C=O) groups excluding carboxylic acids is 3. The Morgan fingerprint density at radius 1 is 1.13 bits per heavy atom. The zero-order valence-corrected chi connectivity index (χ0v) is 17.9. The van der Waals surface area contributed by atoms with Gasteiger partial charge in [0.2, 0.25) is 0 Å². The molecule has 0 unspecified atom stereocenters. The topological polar surface area (TPSA) is 102 Å². The summed E-state index contributed by atoms with van der Waals surface area (Å²) in [6, 6.07) is -0.491. The third-order valence-corrected chi connectivity index (χ3v) is 6.97. The smallest absolute Gasteiger partial charge is 0.331 e. The number of nitrogens with zero attached hydrogens (tertiary/aromatic N) is 2. The van der Waals surface area contributed by atoms with Crippen LogP contribution in [0.25, 0.3) is 6.08 Å². The molecule has 162 valence electrons. The number of aryl methyl sites for hydroxylation is 2. The lowest BCUT2D eigenvalue weighted by Crippen LogP contribution is -2.62. The van der Waals surface area contributed by atoms with Crippen LogP contribution in [0.3, 0.4) is 0 Å². The van der Waals surface area contributed by atoms with E-state index in [0.29, 0.717) is 17.8 Å². The first-order valence-electron chi connectivity index (χ1n) is 10.7. The van der Waals surface area contributed by atoms with Gasteiger partial charge in [0, 0.05) is 29.9 Å². The molecule has 3 amide bonds. The van der Waals surface area contributed by atoms with E-state index in [1.165, 1.54) is 25.3 Å². The number of hydrogen-bond acceptors (Lipinski definition) is 5. The van der Waals surface area contributed by atoms with E-state index in [1.54, 1.807) is 10.8 Å². The van der Waals surface area contributed by atoms with Crippen molar-refractivity contribution in [1.82, 2.24) is 20.4 Å². The van der Waals surface area contributed by atoms with Crippen molar-refractivity contribution in [2.24, 2.45) is 24.8 Å². The Morgan fingerprint density at radius 2 is 1.73 bits per heavy atom. The molecule has 5 rings (SSSR count). The number of amides is 3. The average Bonchev–Trinajstić information content (AvgIpc) is 2.88. The summed E-state index contributed by atoms with van der Waals surface area (Å²) in [4.78, 5) is 36.3.